The molecule has 0 aliphatic heterocycles. The molecule has 0 spiro atoms. The molecule has 34 heavy (non-hydrogen) atoms. The number of esters is 1. The van der Waals surface area contributed by atoms with Crippen LogP contribution in [0.3, 0.4) is 0 Å². The highest BCUT2D eigenvalue weighted by molar-refractivity contribution is 6.34. The van der Waals surface area contributed by atoms with Gasteiger partial charge in [-0.1, -0.05) is 17.3 Å². The van der Waals surface area contributed by atoms with Crippen LogP contribution in [0.25, 0.3) is 17.1 Å². The van der Waals surface area contributed by atoms with Crippen LogP contribution in [0.2, 0.25) is 0 Å². The number of oxime groups is 1. The minimum absolute atomic E-state index is 0.0207. The first kappa shape index (κ1) is 21.1. The average Bonchev–Trinajstić information content (AvgIpc) is 3.40. The normalized spacial score (nSPS) is 31.1. The maximum Gasteiger partial charge on any atom is 0.377 e. The van der Waals surface area contributed by atoms with Crippen molar-refractivity contribution in [3.63, 3.8) is 0 Å². The quantitative estimate of drug-likeness (QED) is 0.231. The largest absolute Gasteiger partial charge is 0.460 e. The van der Waals surface area contributed by atoms with Gasteiger partial charge in [-0.05, 0) is 56.8 Å². The van der Waals surface area contributed by atoms with Crippen LogP contribution in [-0.4, -0.2) is 38.9 Å². The number of ether oxygens (including phenoxy) is 1. The van der Waals surface area contributed by atoms with Gasteiger partial charge >= 0.3 is 17.6 Å². The van der Waals surface area contributed by atoms with Gasteiger partial charge in [-0.25, -0.2) is 14.4 Å². The molecule has 4 bridgehead atoms. The Labute approximate surface area is 195 Å². The van der Waals surface area contributed by atoms with Crippen molar-refractivity contribution in [2.24, 2.45) is 34.1 Å². The lowest BCUT2D eigenvalue weighted by Gasteiger charge is -2.58. The van der Waals surface area contributed by atoms with Crippen LogP contribution < -0.4 is 11.4 Å². The van der Waals surface area contributed by atoms with E-state index >= 15 is 0 Å². The predicted octanol–water partition coefficient (Wildman–Crippen LogP) is 2.04. The minimum atomic E-state index is -0.810. The maximum atomic E-state index is 13.2. The van der Waals surface area contributed by atoms with Crippen molar-refractivity contribution in [1.29, 1.82) is 0 Å². The van der Waals surface area contributed by atoms with Crippen molar-refractivity contribution < 1.29 is 19.2 Å². The molecule has 7 rings (SSSR count). The van der Waals surface area contributed by atoms with Crippen LogP contribution in [0, 0.1) is 23.2 Å². The third-order valence-corrected chi connectivity index (χ3v) is 8.13. The molecule has 2 aromatic heterocycles. The number of nitrogens with two attached hydrogens (primary N) is 1. The Kier molecular flexibility index (Phi) is 4.69. The summed E-state index contributed by atoms with van der Waals surface area (Å²) in [6.45, 7) is 1.81. The van der Waals surface area contributed by atoms with Gasteiger partial charge in [0.25, 0.3) is 0 Å². The van der Waals surface area contributed by atoms with Gasteiger partial charge in [-0.2, -0.15) is 0 Å². The molecule has 4 saturated carbocycles. The number of allylic oxidation sites excluding steroid dienone is 1. The van der Waals surface area contributed by atoms with E-state index in [1.807, 2.05) is 4.57 Å². The number of hydrogen-bond donors (Lipinski definition) is 2. The molecule has 0 amide bonds. The van der Waals surface area contributed by atoms with Crippen molar-refractivity contribution in [3.8, 4) is 0 Å². The fourth-order valence-electron chi connectivity index (χ4n) is 7.19. The Hall–Kier alpha value is -3.43. The van der Waals surface area contributed by atoms with Crippen molar-refractivity contribution >= 4 is 34.9 Å². The molecule has 10 heteroatoms. The van der Waals surface area contributed by atoms with Crippen LogP contribution in [0.4, 0.5) is 0 Å². The number of H-pyrrole nitrogens is 1. The third kappa shape index (κ3) is 3.04. The summed E-state index contributed by atoms with van der Waals surface area (Å²) in [5.41, 5.74) is 8.48. The minimum Gasteiger partial charge on any atom is -0.460 e. The van der Waals surface area contributed by atoms with Gasteiger partial charge in [0, 0.05) is 18.0 Å². The van der Waals surface area contributed by atoms with Crippen LogP contribution in [0.5, 0.6) is 0 Å². The lowest BCUT2D eigenvalue weighted by molar-refractivity contribution is -0.176. The van der Waals surface area contributed by atoms with Gasteiger partial charge in [0.1, 0.15) is 0 Å². The number of pyridine rings is 1. The molecule has 5 aliphatic rings. The average molecular weight is 466 g/mol. The first-order valence-electron chi connectivity index (χ1n) is 11.9. The standard InChI is InChI=1S/C24H27N5O5/c1-2-33-21(30)20(25)28-34-22(31)24-8-12-6-13(9-24)18(14(7-12)10-24)29-19-15-4-3-5-16(15)26-11-17(19)27-23(29)32/h3-4,11-14,18H,2,5-10H2,1H3,(H2,25,28)(H,27,32). The maximum absolute atomic E-state index is 13.2. The molecule has 3 N–H and O–H groups in total. The highest BCUT2D eigenvalue weighted by atomic mass is 16.7. The number of nitrogens with zero attached hydrogens (tertiary/aromatic N) is 3. The number of imidazole rings is 1. The molecule has 5 aliphatic carbocycles. The van der Waals surface area contributed by atoms with Crippen LogP contribution in [0.1, 0.15) is 56.3 Å². The van der Waals surface area contributed by atoms with E-state index in [9.17, 15) is 14.4 Å². The number of rotatable bonds is 4. The predicted molar refractivity (Wildman–Crippen MR) is 122 cm³/mol. The second-order valence-corrected chi connectivity index (χ2v) is 10.1. The number of nitrogens with one attached hydrogen (secondary N) is 1. The number of aromatic nitrogens is 3. The number of fused-ring (bicyclic) bond motifs is 3. The molecule has 0 radical (unpaired) electrons. The summed E-state index contributed by atoms with van der Waals surface area (Å²) in [5, 5.41) is 3.56. The summed E-state index contributed by atoms with van der Waals surface area (Å²) >= 11 is 0. The highest BCUT2D eigenvalue weighted by Crippen LogP contribution is 2.64. The third-order valence-electron chi connectivity index (χ3n) is 8.13. The van der Waals surface area contributed by atoms with Gasteiger partial charge in [0.15, 0.2) is 0 Å². The van der Waals surface area contributed by atoms with E-state index in [4.69, 9.17) is 15.3 Å². The molecule has 2 heterocycles. The fourth-order valence-corrected chi connectivity index (χ4v) is 7.19. The van der Waals surface area contributed by atoms with E-state index in [0.29, 0.717) is 18.8 Å². The molecule has 178 valence electrons. The smallest absolute Gasteiger partial charge is 0.377 e. The molecule has 2 aromatic rings. The van der Waals surface area contributed by atoms with Gasteiger partial charge in [-0.3, -0.25) is 9.55 Å². The van der Waals surface area contributed by atoms with E-state index in [1.54, 1.807) is 13.1 Å². The number of amidine groups is 1. The summed E-state index contributed by atoms with van der Waals surface area (Å²) in [5.74, 6) is -0.973. The van der Waals surface area contributed by atoms with Gasteiger partial charge in [0.05, 0.1) is 34.9 Å². The zero-order chi connectivity index (χ0) is 23.6. The molecule has 10 nitrogen and oxygen atoms in total. The van der Waals surface area contributed by atoms with Crippen LogP contribution in [-0.2, 0) is 25.6 Å². The number of carbonyl (C=O) groups excluding carboxylic acids is 2. The molecule has 4 fully saturated rings. The Morgan fingerprint density at radius 3 is 2.79 bits per heavy atom. The zero-order valence-corrected chi connectivity index (χ0v) is 19.0. The topological polar surface area (TPSA) is 142 Å². The lowest BCUT2D eigenvalue weighted by Crippen LogP contribution is -2.55. The van der Waals surface area contributed by atoms with Crippen LogP contribution in [0.15, 0.2) is 22.2 Å². The SMILES string of the molecule is CCOC(=O)/C(N)=N\OC(=O)C12CC3CC(C1)C(n1c(=O)[nH]c4cnc5c(c41)C=CC5)C(C3)C2. The summed E-state index contributed by atoms with van der Waals surface area (Å²) in [4.78, 5) is 50.7. The summed E-state index contributed by atoms with van der Waals surface area (Å²) < 4.78 is 6.73. The molecule has 0 saturated heterocycles. The van der Waals surface area contributed by atoms with E-state index in [-0.39, 0.29) is 30.2 Å². The van der Waals surface area contributed by atoms with Gasteiger partial charge < -0.3 is 20.3 Å². The van der Waals surface area contributed by atoms with Gasteiger partial charge in [-0.15, -0.1) is 0 Å². The molecule has 2 atom stereocenters. The molecule has 2 unspecified atom stereocenters. The van der Waals surface area contributed by atoms with Crippen molar-refractivity contribution in [2.45, 2.75) is 51.5 Å². The summed E-state index contributed by atoms with van der Waals surface area (Å²) in [7, 11) is 0. The van der Waals surface area contributed by atoms with E-state index < -0.39 is 23.2 Å². The fraction of sp³-hybridized carbons (Fsp3) is 0.542. The number of aromatic amines is 1. The zero-order valence-electron chi connectivity index (χ0n) is 19.0. The Morgan fingerprint density at radius 2 is 2.06 bits per heavy atom. The first-order chi connectivity index (χ1) is 16.4. The van der Waals surface area contributed by atoms with E-state index in [2.05, 4.69) is 27.3 Å². The van der Waals surface area contributed by atoms with Crippen molar-refractivity contribution in [2.75, 3.05) is 6.61 Å². The van der Waals surface area contributed by atoms with Crippen molar-refractivity contribution in [1.82, 2.24) is 14.5 Å². The second-order valence-electron chi connectivity index (χ2n) is 10.1. The van der Waals surface area contributed by atoms with E-state index in [0.717, 1.165) is 48.0 Å². The first-order valence-corrected chi connectivity index (χ1v) is 11.9. The summed E-state index contributed by atoms with van der Waals surface area (Å²) in [6, 6.07) is 0.0207. The van der Waals surface area contributed by atoms with E-state index in [1.165, 1.54) is 0 Å². The number of hydrogen-bond acceptors (Lipinski definition) is 7. The Morgan fingerprint density at radius 1 is 1.29 bits per heavy atom. The molecule has 0 aromatic carbocycles. The second kappa shape index (κ2) is 7.54. The Balaban J connectivity index is 1.31. The molecular weight excluding hydrogens is 438 g/mol. The summed E-state index contributed by atoms with van der Waals surface area (Å²) in [6.07, 6.45) is 10.6. The van der Waals surface area contributed by atoms with Gasteiger partial charge in [0.2, 0.25) is 5.84 Å². The molecular formula is C24H27N5O5. The Bertz CT molecular complexity index is 1300. The van der Waals surface area contributed by atoms with Crippen LogP contribution >= 0.6 is 0 Å². The van der Waals surface area contributed by atoms with Crippen molar-refractivity contribution in [3.05, 3.63) is 34.0 Å². The lowest BCUT2D eigenvalue weighted by atomic mass is 9.48. The monoisotopic (exact) mass is 465 g/mol. The number of carbonyl (C=O) groups is 2. The highest BCUT2D eigenvalue weighted by Gasteiger charge is 2.60.